The van der Waals surface area contributed by atoms with Gasteiger partial charge in [-0.15, -0.1) is 11.6 Å². The summed E-state index contributed by atoms with van der Waals surface area (Å²) in [6.45, 7) is 0. The summed E-state index contributed by atoms with van der Waals surface area (Å²) in [6.07, 6.45) is 6.64. The Morgan fingerprint density at radius 3 is 2.31 bits per heavy atom. The van der Waals surface area contributed by atoms with Crippen LogP contribution in [0.1, 0.15) is 53.9 Å². The standard InChI is InChI=1S/C14H17ClO/c15-10-14(16)13-8-6-12(7-9-13)11-4-2-1-3-5-11/h6-9,11H,1-5,10H2. The second-order valence-electron chi connectivity index (χ2n) is 4.51. The molecule has 1 aromatic rings. The van der Waals surface area contributed by atoms with Crippen LogP contribution in [0.3, 0.4) is 0 Å². The third-order valence-electron chi connectivity index (χ3n) is 3.43. The molecule has 0 aliphatic heterocycles. The normalized spacial score (nSPS) is 17.3. The fraction of sp³-hybridized carbons (Fsp3) is 0.500. The lowest BCUT2D eigenvalue weighted by molar-refractivity contribution is 0.102. The van der Waals surface area contributed by atoms with Gasteiger partial charge in [0, 0.05) is 5.56 Å². The van der Waals surface area contributed by atoms with E-state index in [-0.39, 0.29) is 11.7 Å². The van der Waals surface area contributed by atoms with Gasteiger partial charge in [0.05, 0.1) is 5.88 Å². The van der Waals surface area contributed by atoms with Crippen LogP contribution in [0.2, 0.25) is 0 Å². The summed E-state index contributed by atoms with van der Waals surface area (Å²) in [6, 6.07) is 8.01. The molecule has 1 aliphatic carbocycles. The second kappa shape index (κ2) is 5.49. The number of Topliss-reactive ketones (excluding diaryl/α,β-unsaturated/α-hetero) is 1. The molecular formula is C14H17ClO. The van der Waals surface area contributed by atoms with Crippen LogP contribution in [0.5, 0.6) is 0 Å². The van der Waals surface area contributed by atoms with Crippen LogP contribution in [0, 0.1) is 0 Å². The average molecular weight is 237 g/mol. The lowest BCUT2D eigenvalue weighted by Crippen LogP contribution is -2.05. The van der Waals surface area contributed by atoms with Crippen molar-refractivity contribution < 1.29 is 4.79 Å². The Bertz CT molecular complexity index is 350. The number of alkyl halides is 1. The van der Waals surface area contributed by atoms with Gasteiger partial charge in [-0.1, -0.05) is 43.5 Å². The molecule has 2 heteroatoms. The summed E-state index contributed by atoms with van der Waals surface area (Å²) in [5.41, 5.74) is 2.11. The number of carbonyl (C=O) groups excluding carboxylic acids is 1. The van der Waals surface area contributed by atoms with Gasteiger partial charge in [0.2, 0.25) is 0 Å². The second-order valence-corrected chi connectivity index (χ2v) is 4.78. The molecule has 1 nitrogen and oxygen atoms in total. The Morgan fingerprint density at radius 1 is 1.12 bits per heavy atom. The van der Waals surface area contributed by atoms with Crippen molar-refractivity contribution in [2.24, 2.45) is 0 Å². The minimum absolute atomic E-state index is 0.0110. The zero-order chi connectivity index (χ0) is 11.4. The van der Waals surface area contributed by atoms with Crippen molar-refractivity contribution in [3.8, 4) is 0 Å². The highest BCUT2D eigenvalue weighted by Gasteiger charge is 2.15. The van der Waals surface area contributed by atoms with Crippen LogP contribution in [-0.2, 0) is 0 Å². The molecule has 0 bridgehead atoms. The summed E-state index contributed by atoms with van der Waals surface area (Å²) in [5, 5.41) is 0. The van der Waals surface area contributed by atoms with Gasteiger partial charge in [-0.25, -0.2) is 0 Å². The van der Waals surface area contributed by atoms with E-state index in [0.717, 1.165) is 5.56 Å². The predicted octanol–water partition coefficient (Wildman–Crippen LogP) is 4.16. The molecule has 2 rings (SSSR count). The number of ketones is 1. The van der Waals surface area contributed by atoms with Gasteiger partial charge in [0.25, 0.3) is 0 Å². The highest BCUT2D eigenvalue weighted by molar-refractivity contribution is 6.30. The molecule has 1 fully saturated rings. The Balaban J connectivity index is 2.09. The molecule has 1 aliphatic rings. The number of benzene rings is 1. The lowest BCUT2D eigenvalue weighted by atomic mass is 9.84. The van der Waals surface area contributed by atoms with E-state index >= 15 is 0 Å². The quantitative estimate of drug-likeness (QED) is 0.569. The number of halogens is 1. The predicted molar refractivity (Wildman–Crippen MR) is 67.3 cm³/mol. The maximum atomic E-state index is 11.4. The Morgan fingerprint density at radius 2 is 1.75 bits per heavy atom. The lowest BCUT2D eigenvalue weighted by Gasteiger charge is -2.21. The smallest absolute Gasteiger partial charge is 0.177 e. The van der Waals surface area contributed by atoms with Crippen molar-refractivity contribution in [2.45, 2.75) is 38.0 Å². The molecule has 0 atom stereocenters. The number of rotatable bonds is 3. The Kier molecular flexibility index (Phi) is 4.00. The summed E-state index contributed by atoms with van der Waals surface area (Å²) < 4.78 is 0. The first-order valence-corrected chi connectivity index (χ1v) is 6.54. The van der Waals surface area contributed by atoms with E-state index in [9.17, 15) is 4.79 Å². The van der Waals surface area contributed by atoms with E-state index in [1.54, 1.807) is 0 Å². The van der Waals surface area contributed by atoms with Crippen molar-refractivity contribution in [3.63, 3.8) is 0 Å². The molecular weight excluding hydrogens is 220 g/mol. The van der Waals surface area contributed by atoms with Crippen molar-refractivity contribution in [1.29, 1.82) is 0 Å². The maximum absolute atomic E-state index is 11.4. The number of hydrogen-bond acceptors (Lipinski definition) is 1. The largest absolute Gasteiger partial charge is 0.293 e. The summed E-state index contributed by atoms with van der Waals surface area (Å²) in [5.74, 6) is 0.786. The van der Waals surface area contributed by atoms with Crippen LogP contribution >= 0.6 is 11.6 Å². The Labute approximate surface area is 102 Å². The average Bonchev–Trinajstić information content (AvgIpc) is 2.39. The van der Waals surface area contributed by atoms with E-state index in [1.807, 2.05) is 12.1 Å². The maximum Gasteiger partial charge on any atom is 0.177 e. The first-order chi connectivity index (χ1) is 7.81. The van der Waals surface area contributed by atoms with Gasteiger partial charge in [-0.2, -0.15) is 0 Å². The van der Waals surface area contributed by atoms with Gasteiger partial charge in [-0.3, -0.25) is 4.79 Å². The highest BCUT2D eigenvalue weighted by atomic mass is 35.5. The minimum atomic E-state index is 0.0110. The molecule has 0 amide bonds. The van der Waals surface area contributed by atoms with E-state index in [1.165, 1.54) is 37.7 Å². The Hall–Kier alpha value is -0.820. The molecule has 16 heavy (non-hydrogen) atoms. The van der Waals surface area contributed by atoms with E-state index in [2.05, 4.69) is 12.1 Å². The van der Waals surface area contributed by atoms with Crippen LogP contribution in [0.15, 0.2) is 24.3 Å². The molecule has 1 aromatic carbocycles. The number of carbonyl (C=O) groups is 1. The third kappa shape index (κ3) is 2.65. The summed E-state index contributed by atoms with van der Waals surface area (Å²) in [4.78, 5) is 11.4. The van der Waals surface area contributed by atoms with Crippen LogP contribution in [0.4, 0.5) is 0 Å². The van der Waals surface area contributed by atoms with Crippen LogP contribution in [-0.4, -0.2) is 11.7 Å². The SMILES string of the molecule is O=C(CCl)c1ccc(C2CCCCC2)cc1. The summed E-state index contributed by atoms with van der Waals surface area (Å²) in [7, 11) is 0. The molecule has 1 saturated carbocycles. The van der Waals surface area contributed by atoms with Gasteiger partial charge in [0.1, 0.15) is 0 Å². The zero-order valence-corrected chi connectivity index (χ0v) is 10.2. The minimum Gasteiger partial charge on any atom is -0.293 e. The fourth-order valence-electron chi connectivity index (χ4n) is 2.45. The molecule has 0 heterocycles. The zero-order valence-electron chi connectivity index (χ0n) is 9.42. The first kappa shape index (κ1) is 11.7. The fourth-order valence-corrected chi connectivity index (χ4v) is 2.61. The first-order valence-electron chi connectivity index (χ1n) is 6.00. The van der Waals surface area contributed by atoms with Crippen molar-refractivity contribution in [3.05, 3.63) is 35.4 Å². The van der Waals surface area contributed by atoms with Crippen LogP contribution in [0.25, 0.3) is 0 Å². The van der Waals surface area contributed by atoms with Crippen molar-refractivity contribution in [2.75, 3.05) is 5.88 Å². The topological polar surface area (TPSA) is 17.1 Å². The van der Waals surface area contributed by atoms with Crippen LogP contribution < -0.4 is 0 Å². The van der Waals surface area contributed by atoms with E-state index < -0.39 is 0 Å². The molecule has 0 radical (unpaired) electrons. The molecule has 86 valence electrons. The van der Waals surface area contributed by atoms with E-state index in [0.29, 0.717) is 5.92 Å². The van der Waals surface area contributed by atoms with Crippen molar-refractivity contribution in [1.82, 2.24) is 0 Å². The molecule has 0 unspecified atom stereocenters. The molecule has 0 aromatic heterocycles. The highest BCUT2D eigenvalue weighted by Crippen LogP contribution is 2.32. The molecule has 0 saturated heterocycles. The van der Waals surface area contributed by atoms with Gasteiger partial charge >= 0.3 is 0 Å². The van der Waals surface area contributed by atoms with Gasteiger partial charge < -0.3 is 0 Å². The van der Waals surface area contributed by atoms with Crippen molar-refractivity contribution >= 4 is 17.4 Å². The third-order valence-corrected chi connectivity index (χ3v) is 3.67. The van der Waals surface area contributed by atoms with Gasteiger partial charge in [-0.05, 0) is 24.3 Å². The van der Waals surface area contributed by atoms with E-state index in [4.69, 9.17) is 11.6 Å². The number of hydrogen-bond donors (Lipinski definition) is 0. The monoisotopic (exact) mass is 236 g/mol. The molecule has 0 spiro atoms. The molecule has 0 N–H and O–H groups in total. The van der Waals surface area contributed by atoms with Gasteiger partial charge in [0.15, 0.2) is 5.78 Å². The summed E-state index contributed by atoms with van der Waals surface area (Å²) >= 11 is 5.53.